The van der Waals surface area contributed by atoms with E-state index in [4.69, 9.17) is 0 Å². The van der Waals surface area contributed by atoms with Crippen molar-refractivity contribution in [3.05, 3.63) is 71.0 Å². The van der Waals surface area contributed by atoms with Crippen LogP contribution in [0.15, 0.2) is 53.9 Å². The first-order chi connectivity index (χ1) is 14.2. The fourth-order valence-corrected chi connectivity index (χ4v) is 4.06. The van der Waals surface area contributed by atoms with Gasteiger partial charge in [0.1, 0.15) is 10.8 Å². The van der Waals surface area contributed by atoms with Crippen LogP contribution in [0.3, 0.4) is 0 Å². The molecule has 29 heavy (non-hydrogen) atoms. The highest BCUT2D eigenvalue weighted by Gasteiger charge is 2.09. The number of aromatic nitrogens is 3. The van der Waals surface area contributed by atoms with Gasteiger partial charge in [0, 0.05) is 23.9 Å². The van der Waals surface area contributed by atoms with Crippen molar-refractivity contribution in [3.8, 4) is 10.6 Å². The number of imidazole rings is 1. The van der Waals surface area contributed by atoms with Gasteiger partial charge in [-0.15, -0.1) is 11.3 Å². The topological polar surface area (TPSA) is 70.7 Å². The molecule has 0 unspecified atom stereocenters. The molecule has 0 aliphatic rings. The first-order valence-electron chi connectivity index (χ1n) is 9.95. The van der Waals surface area contributed by atoms with Gasteiger partial charge in [0.2, 0.25) is 5.91 Å². The number of thiazole rings is 1. The Bertz CT molecular complexity index is 1060. The Morgan fingerprint density at radius 3 is 2.72 bits per heavy atom. The number of carbonyl (C=O) groups excluding carboxylic acids is 1. The Morgan fingerprint density at radius 2 is 1.93 bits per heavy atom. The molecule has 2 N–H and O–H groups in total. The maximum absolute atomic E-state index is 12.2. The summed E-state index contributed by atoms with van der Waals surface area (Å²) in [6, 6.07) is 16.5. The number of nitrogens with one attached hydrogen (secondary N) is 2. The zero-order valence-electron chi connectivity index (χ0n) is 16.4. The maximum atomic E-state index is 12.2. The van der Waals surface area contributed by atoms with Crippen LogP contribution in [0.5, 0.6) is 0 Å². The SMILES string of the molecule is CCc1ccc(-c2nc(CC(=O)NCCCc3nc4ccccc4[nH]3)cs2)cc1. The Labute approximate surface area is 174 Å². The zero-order valence-corrected chi connectivity index (χ0v) is 17.3. The van der Waals surface area contributed by atoms with Gasteiger partial charge < -0.3 is 10.3 Å². The van der Waals surface area contributed by atoms with Crippen LogP contribution in [0.2, 0.25) is 0 Å². The summed E-state index contributed by atoms with van der Waals surface area (Å²) in [5.74, 6) is 0.964. The minimum absolute atomic E-state index is 0.00721. The van der Waals surface area contributed by atoms with Crippen molar-refractivity contribution in [1.82, 2.24) is 20.3 Å². The highest BCUT2D eigenvalue weighted by Crippen LogP contribution is 2.24. The number of benzene rings is 2. The zero-order chi connectivity index (χ0) is 20.1. The lowest BCUT2D eigenvalue weighted by atomic mass is 10.1. The minimum Gasteiger partial charge on any atom is -0.356 e. The van der Waals surface area contributed by atoms with Crippen LogP contribution in [-0.4, -0.2) is 27.4 Å². The molecule has 2 heterocycles. The summed E-state index contributed by atoms with van der Waals surface area (Å²) in [5.41, 5.74) is 5.27. The van der Waals surface area contributed by atoms with E-state index in [0.717, 1.165) is 52.4 Å². The number of aromatic amines is 1. The predicted octanol–water partition coefficient (Wildman–Crippen LogP) is 4.54. The largest absolute Gasteiger partial charge is 0.356 e. The fraction of sp³-hybridized carbons (Fsp3) is 0.261. The Kier molecular flexibility index (Phi) is 6.00. The molecule has 4 rings (SSSR count). The van der Waals surface area contributed by atoms with Crippen molar-refractivity contribution >= 4 is 28.3 Å². The molecule has 4 aromatic rings. The molecule has 6 heteroatoms. The number of H-pyrrole nitrogens is 1. The summed E-state index contributed by atoms with van der Waals surface area (Å²) in [6.45, 7) is 2.77. The van der Waals surface area contributed by atoms with Gasteiger partial charge in [0.25, 0.3) is 0 Å². The van der Waals surface area contributed by atoms with Crippen molar-refractivity contribution in [3.63, 3.8) is 0 Å². The number of nitrogens with zero attached hydrogens (tertiary/aromatic N) is 2. The number of aryl methyl sites for hydroxylation is 2. The van der Waals surface area contributed by atoms with E-state index in [9.17, 15) is 4.79 Å². The summed E-state index contributed by atoms with van der Waals surface area (Å²) in [5, 5.41) is 5.91. The van der Waals surface area contributed by atoms with E-state index in [1.807, 2.05) is 29.6 Å². The van der Waals surface area contributed by atoms with Crippen LogP contribution >= 0.6 is 11.3 Å². The Balaban J connectivity index is 1.24. The van der Waals surface area contributed by atoms with Gasteiger partial charge in [0.15, 0.2) is 0 Å². The lowest BCUT2D eigenvalue weighted by Gasteiger charge is -2.03. The summed E-state index contributed by atoms with van der Waals surface area (Å²) in [4.78, 5) is 24.7. The van der Waals surface area contributed by atoms with E-state index in [1.54, 1.807) is 11.3 Å². The highest BCUT2D eigenvalue weighted by molar-refractivity contribution is 7.13. The van der Waals surface area contributed by atoms with Gasteiger partial charge in [-0.25, -0.2) is 9.97 Å². The molecule has 1 amide bonds. The molecule has 0 aliphatic heterocycles. The van der Waals surface area contributed by atoms with Gasteiger partial charge in [0.05, 0.1) is 23.1 Å². The monoisotopic (exact) mass is 404 g/mol. The third-order valence-electron chi connectivity index (χ3n) is 4.85. The number of hydrogen-bond donors (Lipinski definition) is 2. The van der Waals surface area contributed by atoms with Crippen LogP contribution in [0.1, 0.15) is 30.4 Å². The molecule has 2 aromatic heterocycles. The molecule has 0 radical (unpaired) electrons. The average molecular weight is 405 g/mol. The number of carbonyl (C=O) groups is 1. The third-order valence-corrected chi connectivity index (χ3v) is 5.79. The number of rotatable bonds is 8. The van der Waals surface area contributed by atoms with E-state index in [-0.39, 0.29) is 5.91 Å². The van der Waals surface area contributed by atoms with Gasteiger partial charge >= 0.3 is 0 Å². The molecule has 2 aromatic carbocycles. The lowest BCUT2D eigenvalue weighted by Crippen LogP contribution is -2.26. The number of para-hydroxylation sites is 2. The van der Waals surface area contributed by atoms with Crippen LogP contribution in [0, 0.1) is 0 Å². The van der Waals surface area contributed by atoms with Crippen LogP contribution in [0.4, 0.5) is 0 Å². The van der Waals surface area contributed by atoms with Crippen molar-refractivity contribution in [2.45, 2.75) is 32.6 Å². The Morgan fingerprint density at radius 1 is 1.10 bits per heavy atom. The molecule has 5 nitrogen and oxygen atoms in total. The second-order valence-electron chi connectivity index (χ2n) is 7.03. The van der Waals surface area contributed by atoms with Gasteiger partial charge in [-0.2, -0.15) is 0 Å². The quantitative estimate of drug-likeness (QED) is 0.424. The summed E-state index contributed by atoms with van der Waals surface area (Å²) in [7, 11) is 0. The molecule has 0 aliphatic carbocycles. The lowest BCUT2D eigenvalue weighted by molar-refractivity contribution is -0.120. The Hall–Kier alpha value is -2.99. The van der Waals surface area contributed by atoms with E-state index >= 15 is 0 Å². The van der Waals surface area contributed by atoms with Gasteiger partial charge in [-0.05, 0) is 30.5 Å². The van der Waals surface area contributed by atoms with Gasteiger partial charge in [-0.3, -0.25) is 4.79 Å². The average Bonchev–Trinajstić information content (AvgIpc) is 3.38. The molecule has 0 atom stereocenters. The maximum Gasteiger partial charge on any atom is 0.226 e. The molecule has 0 saturated carbocycles. The molecule has 148 valence electrons. The normalized spacial score (nSPS) is 11.1. The highest BCUT2D eigenvalue weighted by atomic mass is 32.1. The van der Waals surface area contributed by atoms with Crippen molar-refractivity contribution < 1.29 is 4.79 Å². The van der Waals surface area contributed by atoms with Crippen molar-refractivity contribution in [1.29, 1.82) is 0 Å². The van der Waals surface area contributed by atoms with Crippen LogP contribution < -0.4 is 5.32 Å². The fourth-order valence-electron chi connectivity index (χ4n) is 3.24. The van der Waals surface area contributed by atoms with Crippen LogP contribution in [-0.2, 0) is 24.1 Å². The molecule has 0 bridgehead atoms. The summed E-state index contributed by atoms with van der Waals surface area (Å²) < 4.78 is 0. The minimum atomic E-state index is 0.00721. The van der Waals surface area contributed by atoms with E-state index in [0.29, 0.717) is 13.0 Å². The molecule has 0 saturated heterocycles. The van der Waals surface area contributed by atoms with E-state index in [2.05, 4.69) is 51.5 Å². The van der Waals surface area contributed by atoms with E-state index in [1.165, 1.54) is 5.56 Å². The van der Waals surface area contributed by atoms with Crippen molar-refractivity contribution in [2.24, 2.45) is 0 Å². The van der Waals surface area contributed by atoms with Crippen LogP contribution in [0.25, 0.3) is 21.6 Å². The second-order valence-corrected chi connectivity index (χ2v) is 7.88. The smallest absolute Gasteiger partial charge is 0.226 e. The standard InChI is InChI=1S/C23H24N4OS/c1-2-16-9-11-17(12-10-16)23-25-18(15-29-23)14-22(28)24-13-5-8-21-26-19-6-3-4-7-20(19)27-21/h3-4,6-7,9-12,15H,2,5,8,13-14H2,1H3,(H,24,28)(H,26,27). The predicted molar refractivity (Wildman–Crippen MR) is 118 cm³/mol. The van der Waals surface area contributed by atoms with E-state index < -0.39 is 0 Å². The molecule has 0 spiro atoms. The first-order valence-corrected chi connectivity index (χ1v) is 10.8. The molecular weight excluding hydrogens is 380 g/mol. The molecule has 0 fully saturated rings. The number of fused-ring (bicyclic) bond motifs is 1. The second kappa shape index (κ2) is 9.01. The number of amides is 1. The third kappa shape index (κ3) is 4.90. The van der Waals surface area contributed by atoms with Gasteiger partial charge in [-0.1, -0.05) is 43.3 Å². The number of hydrogen-bond acceptors (Lipinski definition) is 4. The molecular formula is C23H24N4OS. The summed E-state index contributed by atoms with van der Waals surface area (Å²) in [6.07, 6.45) is 3.00. The first kappa shape index (κ1) is 19.3. The van der Waals surface area contributed by atoms with Crippen molar-refractivity contribution in [2.75, 3.05) is 6.54 Å². The summed E-state index contributed by atoms with van der Waals surface area (Å²) >= 11 is 1.58.